The van der Waals surface area contributed by atoms with Crippen LogP contribution in [0.5, 0.6) is 0 Å². The highest BCUT2D eigenvalue weighted by atomic mass is 19.1. The Morgan fingerprint density at radius 3 is 1.58 bits per heavy atom. The van der Waals surface area contributed by atoms with Gasteiger partial charge in [0.1, 0.15) is 0 Å². The molecule has 0 aromatic rings. The molecule has 0 radical (unpaired) electrons. The predicted molar refractivity (Wildman–Crippen MR) is 48.4 cm³/mol. The standard InChI is InChI=1S/C10H17FO/c1-6(2)9(7(3)4)10(12)8(5)11/h6-7,9H,5H2,1-4H3. The van der Waals surface area contributed by atoms with E-state index in [4.69, 9.17) is 0 Å². The third-order valence-electron chi connectivity index (χ3n) is 2.01. The van der Waals surface area contributed by atoms with Crippen molar-refractivity contribution in [1.82, 2.24) is 0 Å². The van der Waals surface area contributed by atoms with Gasteiger partial charge in [-0.15, -0.1) is 0 Å². The summed E-state index contributed by atoms with van der Waals surface area (Å²) in [5.41, 5.74) is 0. The predicted octanol–water partition coefficient (Wildman–Crippen LogP) is 2.97. The molecule has 0 rings (SSSR count). The van der Waals surface area contributed by atoms with E-state index in [-0.39, 0.29) is 17.8 Å². The Morgan fingerprint density at radius 2 is 1.50 bits per heavy atom. The SMILES string of the molecule is C=C(F)C(=O)C(C(C)C)C(C)C. The van der Waals surface area contributed by atoms with Crippen LogP contribution in [-0.2, 0) is 4.79 Å². The fourth-order valence-corrected chi connectivity index (χ4v) is 1.56. The Morgan fingerprint density at radius 1 is 1.17 bits per heavy atom. The van der Waals surface area contributed by atoms with E-state index in [0.29, 0.717) is 0 Å². The molecule has 0 bridgehead atoms. The lowest BCUT2D eigenvalue weighted by Crippen LogP contribution is -2.25. The molecule has 70 valence electrons. The fraction of sp³-hybridized carbons (Fsp3) is 0.700. The van der Waals surface area contributed by atoms with Crippen molar-refractivity contribution in [2.24, 2.45) is 17.8 Å². The molecule has 0 spiro atoms. The van der Waals surface area contributed by atoms with Crippen molar-refractivity contribution >= 4 is 5.78 Å². The second kappa shape index (κ2) is 4.39. The molecule has 0 unspecified atom stereocenters. The zero-order valence-electron chi connectivity index (χ0n) is 8.23. The average Bonchev–Trinajstić information content (AvgIpc) is 1.85. The summed E-state index contributed by atoms with van der Waals surface area (Å²) in [7, 11) is 0. The third-order valence-corrected chi connectivity index (χ3v) is 2.01. The Balaban J connectivity index is 4.52. The summed E-state index contributed by atoms with van der Waals surface area (Å²) in [5.74, 6) is -1.15. The number of hydrogen-bond donors (Lipinski definition) is 0. The summed E-state index contributed by atoms with van der Waals surface area (Å²) in [6.07, 6.45) is 0. The molecule has 0 atom stereocenters. The Kier molecular flexibility index (Phi) is 4.15. The van der Waals surface area contributed by atoms with Crippen LogP contribution in [0, 0.1) is 17.8 Å². The molecule has 2 heteroatoms. The minimum atomic E-state index is -0.817. The number of ketones is 1. The normalized spacial score (nSPS) is 11.3. The number of allylic oxidation sites excluding steroid dienone is 1. The molecule has 0 fully saturated rings. The van der Waals surface area contributed by atoms with Crippen LogP contribution in [-0.4, -0.2) is 5.78 Å². The van der Waals surface area contributed by atoms with Gasteiger partial charge in [-0.05, 0) is 11.8 Å². The zero-order valence-corrected chi connectivity index (χ0v) is 8.23. The maximum Gasteiger partial charge on any atom is 0.194 e. The van der Waals surface area contributed by atoms with Gasteiger partial charge in [0.25, 0.3) is 0 Å². The Bertz CT molecular complexity index is 174. The smallest absolute Gasteiger partial charge is 0.194 e. The number of carbonyl (C=O) groups is 1. The van der Waals surface area contributed by atoms with Crippen molar-refractivity contribution in [2.75, 3.05) is 0 Å². The molecule has 0 aromatic heterocycles. The summed E-state index contributed by atoms with van der Waals surface area (Å²) < 4.78 is 12.5. The second-order valence-corrected chi connectivity index (χ2v) is 3.78. The highest BCUT2D eigenvalue weighted by Gasteiger charge is 2.27. The van der Waals surface area contributed by atoms with Gasteiger partial charge >= 0.3 is 0 Å². The highest BCUT2D eigenvalue weighted by molar-refractivity contribution is 5.94. The molecule has 0 aliphatic carbocycles. The van der Waals surface area contributed by atoms with E-state index in [2.05, 4.69) is 6.58 Å². The molecule has 0 aromatic carbocycles. The summed E-state index contributed by atoms with van der Waals surface area (Å²) in [6.45, 7) is 10.7. The van der Waals surface area contributed by atoms with Gasteiger partial charge in [0, 0.05) is 5.92 Å². The number of Topliss-reactive ketones (excluding diaryl/α,β-unsaturated/α-hetero) is 1. The third kappa shape index (κ3) is 2.76. The zero-order chi connectivity index (χ0) is 9.89. The van der Waals surface area contributed by atoms with E-state index in [1.54, 1.807) is 0 Å². The lowest BCUT2D eigenvalue weighted by Gasteiger charge is -2.22. The van der Waals surface area contributed by atoms with E-state index < -0.39 is 11.6 Å². The van der Waals surface area contributed by atoms with Gasteiger partial charge in [-0.3, -0.25) is 4.79 Å². The first-order valence-electron chi connectivity index (χ1n) is 4.26. The molecule has 0 saturated heterocycles. The lowest BCUT2D eigenvalue weighted by atomic mass is 9.82. The van der Waals surface area contributed by atoms with Crippen molar-refractivity contribution in [2.45, 2.75) is 27.7 Å². The summed E-state index contributed by atoms with van der Waals surface area (Å²) >= 11 is 0. The Labute approximate surface area is 73.7 Å². The quantitative estimate of drug-likeness (QED) is 0.596. The fourth-order valence-electron chi connectivity index (χ4n) is 1.56. The van der Waals surface area contributed by atoms with E-state index in [0.717, 1.165) is 0 Å². The van der Waals surface area contributed by atoms with Crippen LogP contribution in [0.25, 0.3) is 0 Å². The number of halogens is 1. The van der Waals surface area contributed by atoms with Gasteiger partial charge in [-0.25, -0.2) is 4.39 Å². The molecule has 0 saturated carbocycles. The van der Waals surface area contributed by atoms with Crippen LogP contribution in [0.15, 0.2) is 12.4 Å². The number of rotatable bonds is 4. The van der Waals surface area contributed by atoms with Crippen molar-refractivity contribution in [3.8, 4) is 0 Å². The number of hydrogen-bond acceptors (Lipinski definition) is 1. The molecule has 0 aliphatic heterocycles. The molecule has 0 heterocycles. The highest BCUT2D eigenvalue weighted by Crippen LogP contribution is 2.24. The summed E-state index contributed by atoms with van der Waals surface area (Å²) in [6, 6.07) is 0. The molecule has 12 heavy (non-hydrogen) atoms. The monoisotopic (exact) mass is 172 g/mol. The van der Waals surface area contributed by atoms with Gasteiger partial charge in [0.15, 0.2) is 11.6 Å². The molecular formula is C10H17FO. The van der Waals surface area contributed by atoms with Gasteiger partial charge in [-0.2, -0.15) is 0 Å². The molecule has 0 amide bonds. The average molecular weight is 172 g/mol. The number of carbonyl (C=O) groups excluding carboxylic acids is 1. The minimum Gasteiger partial charge on any atom is -0.291 e. The van der Waals surface area contributed by atoms with Crippen LogP contribution < -0.4 is 0 Å². The van der Waals surface area contributed by atoms with Crippen LogP contribution in [0.1, 0.15) is 27.7 Å². The summed E-state index contributed by atoms with van der Waals surface area (Å²) in [4.78, 5) is 11.3. The second-order valence-electron chi connectivity index (χ2n) is 3.78. The molecular weight excluding hydrogens is 155 g/mol. The van der Waals surface area contributed by atoms with Crippen molar-refractivity contribution < 1.29 is 9.18 Å². The Hall–Kier alpha value is -0.660. The van der Waals surface area contributed by atoms with Gasteiger partial charge in [0.2, 0.25) is 0 Å². The van der Waals surface area contributed by atoms with E-state index in [9.17, 15) is 9.18 Å². The van der Waals surface area contributed by atoms with Crippen molar-refractivity contribution in [3.63, 3.8) is 0 Å². The summed E-state index contributed by atoms with van der Waals surface area (Å²) in [5, 5.41) is 0. The van der Waals surface area contributed by atoms with Gasteiger partial charge in [0.05, 0.1) is 0 Å². The minimum absolute atomic E-state index is 0.171. The van der Waals surface area contributed by atoms with E-state index in [1.807, 2.05) is 27.7 Å². The van der Waals surface area contributed by atoms with Crippen LogP contribution in [0.4, 0.5) is 4.39 Å². The van der Waals surface area contributed by atoms with Crippen molar-refractivity contribution in [1.29, 1.82) is 0 Å². The topological polar surface area (TPSA) is 17.1 Å². The van der Waals surface area contributed by atoms with Crippen LogP contribution >= 0.6 is 0 Å². The maximum atomic E-state index is 12.5. The van der Waals surface area contributed by atoms with Crippen LogP contribution in [0.3, 0.4) is 0 Å². The first-order chi connectivity index (χ1) is 5.37. The van der Waals surface area contributed by atoms with E-state index in [1.165, 1.54) is 0 Å². The largest absolute Gasteiger partial charge is 0.291 e. The van der Waals surface area contributed by atoms with Crippen LogP contribution in [0.2, 0.25) is 0 Å². The van der Waals surface area contributed by atoms with Gasteiger partial charge < -0.3 is 0 Å². The lowest BCUT2D eigenvalue weighted by molar-refractivity contribution is -0.123. The van der Waals surface area contributed by atoms with Crippen molar-refractivity contribution in [3.05, 3.63) is 12.4 Å². The molecule has 0 N–H and O–H groups in total. The first-order valence-corrected chi connectivity index (χ1v) is 4.26. The molecule has 0 aliphatic rings. The first kappa shape index (κ1) is 11.3. The maximum absolute atomic E-state index is 12.5. The molecule has 1 nitrogen and oxygen atoms in total. The van der Waals surface area contributed by atoms with Gasteiger partial charge in [-0.1, -0.05) is 34.3 Å². The van der Waals surface area contributed by atoms with E-state index >= 15 is 0 Å².